The highest BCUT2D eigenvalue weighted by molar-refractivity contribution is 6.74. The third kappa shape index (κ3) is 6.88. The van der Waals surface area contributed by atoms with Gasteiger partial charge in [-0.05, 0) is 24.2 Å². The van der Waals surface area contributed by atoms with Gasteiger partial charge in [-0.3, -0.25) is 9.69 Å². The van der Waals surface area contributed by atoms with E-state index in [1.54, 1.807) is 29.0 Å². The Morgan fingerprint density at radius 1 is 1.26 bits per heavy atom. The standard InChI is InChI=1S/C21H36N2O3Si/c1-8-13-22(14-9-2)18(16-23-15-11-10-12-20(23)25)19(24)17-26-27(6,7)21(3,4)5/h8-12,15,18-19,24H,1-2,13-14,16-17H2,3-7H3/t18-,19+/m1/s1. The fraction of sp³-hybridized carbons (Fsp3) is 0.571. The quantitative estimate of drug-likeness (QED) is 0.464. The topological polar surface area (TPSA) is 54.7 Å². The highest BCUT2D eigenvalue weighted by Crippen LogP contribution is 2.36. The first-order chi connectivity index (χ1) is 12.5. The predicted octanol–water partition coefficient (Wildman–Crippen LogP) is 3.27. The molecule has 0 aromatic carbocycles. The molecule has 0 radical (unpaired) electrons. The molecule has 1 aromatic heterocycles. The lowest BCUT2D eigenvalue weighted by molar-refractivity contribution is 0.0148. The second kappa shape index (κ2) is 10.2. The van der Waals surface area contributed by atoms with Gasteiger partial charge in [0.05, 0.1) is 18.8 Å². The molecule has 0 saturated heterocycles. The molecule has 0 unspecified atom stereocenters. The largest absolute Gasteiger partial charge is 0.414 e. The zero-order valence-corrected chi connectivity index (χ0v) is 18.5. The van der Waals surface area contributed by atoms with E-state index >= 15 is 0 Å². The molecule has 6 heteroatoms. The van der Waals surface area contributed by atoms with Crippen LogP contribution in [0.3, 0.4) is 0 Å². The van der Waals surface area contributed by atoms with E-state index in [0.29, 0.717) is 19.6 Å². The molecule has 0 amide bonds. The van der Waals surface area contributed by atoms with Crippen LogP contribution in [0.4, 0.5) is 0 Å². The second-order valence-corrected chi connectivity index (χ2v) is 13.2. The van der Waals surface area contributed by atoms with Crippen LogP contribution in [-0.4, -0.2) is 54.7 Å². The van der Waals surface area contributed by atoms with Gasteiger partial charge in [0.25, 0.3) is 5.56 Å². The maximum atomic E-state index is 12.2. The summed E-state index contributed by atoms with van der Waals surface area (Å²) in [6, 6.07) is 4.78. The van der Waals surface area contributed by atoms with E-state index in [-0.39, 0.29) is 23.2 Å². The summed E-state index contributed by atoms with van der Waals surface area (Å²) in [7, 11) is -1.98. The Labute approximate surface area is 165 Å². The van der Waals surface area contributed by atoms with Crippen molar-refractivity contribution in [2.24, 2.45) is 0 Å². The van der Waals surface area contributed by atoms with E-state index in [1.165, 1.54) is 6.07 Å². The summed E-state index contributed by atoms with van der Waals surface area (Å²) in [4.78, 5) is 14.2. The van der Waals surface area contributed by atoms with Crippen LogP contribution in [-0.2, 0) is 11.0 Å². The van der Waals surface area contributed by atoms with Gasteiger partial charge in [-0.15, -0.1) is 13.2 Å². The molecule has 0 bridgehead atoms. The van der Waals surface area contributed by atoms with E-state index < -0.39 is 14.4 Å². The molecular formula is C21H36N2O3Si. The first kappa shape index (κ1) is 23.6. The van der Waals surface area contributed by atoms with Crippen molar-refractivity contribution < 1.29 is 9.53 Å². The van der Waals surface area contributed by atoms with Gasteiger partial charge in [-0.25, -0.2) is 0 Å². The number of hydrogen-bond acceptors (Lipinski definition) is 4. The summed E-state index contributed by atoms with van der Waals surface area (Å²) >= 11 is 0. The number of aliphatic hydroxyl groups excluding tert-OH is 1. The molecule has 1 N–H and O–H groups in total. The Morgan fingerprint density at radius 2 is 1.85 bits per heavy atom. The number of aliphatic hydroxyl groups is 1. The average molecular weight is 393 g/mol. The summed E-state index contributed by atoms with van der Waals surface area (Å²) in [5.74, 6) is 0. The van der Waals surface area contributed by atoms with Gasteiger partial charge in [0.1, 0.15) is 0 Å². The summed E-state index contributed by atoms with van der Waals surface area (Å²) in [6.07, 6.45) is 4.61. The fourth-order valence-electron chi connectivity index (χ4n) is 2.59. The molecule has 0 aliphatic rings. The average Bonchev–Trinajstić information content (AvgIpc) is 2.58. The minimum absolute atomic E-state index is 0.0699. The number of pyridine rings is 1. The van der Waals surface area contributed by atoms with E-state index in [1.807, 2.05) is 6.07 Å². The van der Waals surface area contributed by atoms with E-state index in [0.717, 1.165) is 0 Å². The summed E-state index contributed by atoms with van der Waals surface area (Å²) < 4.78 is 7.86. The molecule has 0 spiro atoms. The Bertz CT molecular complexity index is 654. The SMILES string of the molecule is C=CCN(CC=C)[C@H](Cn1ccccc1=O)[C@@H](O)CO[Si](C)(C)C(C)(C)C. The van der Waals surface area contributed by atoms with Crippen LogP contribution < -0.4 is 5.56 Å². The zero-order chi connectivity index (χ0) is 20.7. The Morgan fingerprint density at radius 3 is 2.33 bits per heavy atom. The van der Waals surface area contributed by atoms with Gasteiger partial charge in [0.15, 0.2) is 8.32 Å². The van der Waals surface area contributed by atoms with Crippen molar-refractivity contribution in [1.29, 1.82) is 0 Å². The van der Waals surface area contributed by atoms with Crippen molar-refractivity contribution in [1.82, 2.24) is 9.47 Å². The van der Waals surface area contributed by atoms with Crippen LogP contribution in [0.5, 0.6) is 0 Å². The molecular weight excluding hydrogens is 356 g/mol. The maximum Gasteiger partial charge on any atom is 0.250 e. The van der Waals surface area contributed by atoms with Gasteiger partial charge in [-0.2, -0.15) is 0 Å². The molecule has 2 atom stereocenters. The third-order valence-corrected chi connectivity index (χ3v) is 9.84. The number of rotatable bonds is 11. The molecule has 0 fully saturated rings. The van der Waals surface area contributed by atoms with Gasteiger partial charge in [0.2, 0.25) is 0 Å². The maximum absolute atomic E-state index is 12.2. The predicted molar refractivity (Wildman–Crippen MR) is 116 cm³/mol. The normalized spacial score (nSPS) is 14.8. The lowest BCUT2D eigenvalue weighted by Gasteiger charge is -2.39. The van der Waals surface area contributed by atoms with Crippen LogP contribution in [0.1, 0.15) is 20.8 Å². The van der Waals surface area contributed by atoms with Gasteiger partial charge >= 0.3 is 0 Å². The van der Waals surface area contributed by atoms with E-state index in [4.69, 9.17) is 4.43 Å². The van der Waals surface area contributed by atoms with Crippen LogP contribution in [0.15, 0.2) is 54.5 Å². The minimum Gasteiger partial charge on any atom is -0.414 e. The van der Waals surface area contributed by atoms with Crippen LogP contribution in [0.2, 0.25) is 18.1 Å². The van der Waals surface area contributed by atoms with Gasteiger partial charge in [-0.1, -0.05) is 39.0 Å². The molecule has 1 rings (SSSR count). The highest BCUT2D eigenvalue weighted by Gasteiger charge is 2.38. The fourth-order valence-corrected chi connectivity index (χ4v) is 3.61. The van der Waals surface area contributed by atoms with Crippen molar-refractivity contribution in [3.63, 3.8) is 0 Å². The molecule has 1 heterocycles. The number of aromatic nitrogens is 1. The second-order valence-electron chi connectivity index (χ2n) is 8.43. The molecule has 27 heavy (non-hydrogen) atoms. The smallest absolute Gasteiger partial charge is 0.250 e. The van der Waals surface area contributed by atoms with Crippen LogP contribution in [0, 0.1) is 0 Å². The van der Waals surface area contributed by atoms with E-state index in [2.05, 4.69) is 51.9 Å². The molecule has 0 aliphatic carbocycles. The van der Waals surface area contributed by atoms with Crippen molar-refractivity contribution in [3.05, 3.63) is 60.1 Å². The third-order valence-electron chi connectivity index (χ3n) is 5.34. The van der Waals surface area contributed by atoms with Crippen molar-refractivity contribution in [3.8, 4) is 0 Å². The molecule has 1 aromatic rings. The summed E-state index contributed by atoms with van der Waals surface area (Å²) in [5.41, 5.74) is -0.0860. The monoisotopic (exact) mass is 392 g/mol. The Balaban J connectivity index is 3.04. The van der Waals surface area contributed by atoms with Crippen molar-refractivity contribution >= 4 is 8.32 Å². The first-order valence-electron chi connectivity index (χ1n) is 9.47. The molecule has 152 valence electrons. The van der Waals surface area contributed by atoms with Crippen molar-refractivity contribution in [2.45, 2.75) is 57.6 Å². The van der Waals surface area contributed by atoms with Gasteiger partial charge in [0, 0.05) is 31.9 Å². The van der Waals surface area contributed by atoms with E-state index in [9.17, 15) is 9.90 Å². The van der Waals surface area contributed by atoms with Crippen LogP contribution in [0.25, 0.3) is 0 Å². The highest BCUT2D eigenvalue weighted by atomic mass is 28.4. The van der Waals surface area contributed by atoms with Gasteiger partial charge < -0.3 is 14.1 Å². The Kier molecular flexibility index (Phi) is 8.88. The summed E-state index contributed by atoms with van der Waals surface area (Å²) in [6.45, 7) is 20.3. The van der Waals surface area contributed by atoms with Crippen LogP contribution >= 0.6 is 0 Å². The lowest BCUT2D eigenvalue weighted by atomic mass is 10.1. The zero-order valence-electron chi connectivity index (χ0n) is 17.5. The minimum atomic E-state index is -1.98. The molecule has 5 nitrogen and oxygen atoms in total. The van der Waals surface area contributed by atoms with Crippen molar-refractivity contribution in [2.75, 3.05) is 19.7 Å². The molecule has 0 aliphatic heterocycles. The Hall–Kier alpha value is -1.47. The number of nitrogens with zero attached hydrogens (tertiary/aromatic N) is 2. The lowest BCUT2D eigenvalue weighted by Crippen LogP contribution is -2.51. The first-order valence-corrected chi connectivity index (χ1v) is 12.4. The number of hydrogen-bond donors (Lipinski definition) is 1. The summed E-state index contributed by atoms with van der Waals surface area (Å²) in [5, 5.41) is 11.1. The molecule has 0 saturated carbocycles.